The van der Waals surface area contributed by atoms with Crippen molar-refractivity contribution in [3.63, 3.8) is 0 Å². The van der Waals surface area contributed by atoms with Crippen LogP contribution in [0.2, 0.25) is 0 Å². The molecule has 1 aliphatic heterocycles. The molecule has 1 aromatic rings. The molecule has 110 valence electrons. The number of carbonyl (C=O) groups is 1. The Morgan fingerprint density at radius 1 is 1.35 bits per heavy atom. The zero-order chi connectivity index (χ0) is 14.5. The molecule has 1 fully saturated rings. The van der Waals surface area contributed by atoms with Crippen LogP contribution in [0.5, 0.6) is 0 Å². The Balaban J connectivity index is 2.05. The van der Waals surface area contributed by atoms with Gasteiger partial charge in [0.1, 0.15) is 0 Å². The maximum atomic E-state index is 12.6. The fraction of sp³-hybridized carbons (Fsp3) is 0.600. The molecular weight excluding hydrogens is 252 g/mol. The first kappa shape index (κ1) is 14.8. The zero-order valence-electron chi connectivity index (χ0n) is 12.6. The van der Waals surface area contributed by atoms with Crippen LogP contribution in [0.4, 0.5) is 5.69 Å². The highest BCUT2D eigenvalue weighted by Gasteiger charge is 2.24. The number of amides is 1. The van der Waals surface area contributed by atoms with Crippen molar-refractivity contribution in [3.05, 3.63) is 24.0 Å². The van der Waals surface area contributed by atoms with Crippen molar-refractivity contribution in [1.82, 2.24) is 14.8 Å². The summed E-state index contributed by atoms with van der Waals surface area (Å²) >= 11 is 0. The van der Waals surface area contributed by atoms with Crippen LogP contribution < -0.4 is 5.32 Å². The van der Waals surface area contributed by atoms with Crippen LogP contribution in [0, 0.1) is 0 Å². The fourth-order valence-electron chi connectivity index (χ4n) is 2.52. The van der Waals surface area contributed by atoms with Gasteiger partial charge in [-0.1, -0.05) is 0 Å². The molecule has 0 atom stereocenters. The maximum absolute atomic E-state index is 12.6. The Kier molecular flexibility index (Phi) is 4.95. The first-order valence-electron chi connectivity index (χ1n) is 7.34. The molecule has 1 amide bonds. The highest BCUT2D eigenvalue weighted by Crippen LogP contribution is 2.17. The lowest BCUT2D eigenvalue weighted by atomic mass is 10.1. The normalized spacial score (nSPS) is 16.5. The van der Waals surface area contributed by atoms with Crippen LogP contribution in [0.1, 0.15) is 31.1 Å². The molecule has 2 heterocycles. The largest absolute Gasteiger partial charge is 0.383 e. The monoisotopic (exact) mass is 276 g/mol. The summed E-state index contributed by atoms with van der Waals surface area (Å²) in [6.07, 6.45) is 3.40. The van der Waals surface area contributed by atoms with E-state index in [4.69, 9.17) is 0 Å². The standard InChI is InChI=1S/C15H24N4O/c1-4-17-14-11-16-6-5-13(14)15(20)19-9-7-18(8-10-19)12(2)3/h5-6,11-12,17H,4,7-10H2,1-3H3. The van der Waals surface area contributed by atoms with Gasteiger partial charge in [-0.05, 0) is 26.8 Å². The van der Waals surface area contributed by atoms with Crippen LogP contribution in [-0.2, 0) is 0 Å². The smallest absolute Gasteiger partial charge is 0.256 e. The summed E-state index contributed by atoms with van der Waals surface area (Å²) in [7, 11) is 0. The second-order valence-corrected chi connectivity index (χ2v) is 5.37. The van der Waals surface area contributed by atoms with Crippen LogP contribution in [0.15, 0.2) is 18.5 Å². The van der Waals surface area contributed by atoms with Gasteiger partial charge >= 0.3 is 0 Å². The predicted octanol–water partition coefficient (Wildman–Crippen LogP) is 1.68. The summed E-state index contributed by atoms with van der Waals surface area (Å²) in [5, 5.41) is 3.20. The fourth-order valence-corrected chi connectivity index (χ4v) is 2.52. The van der Waals surface area contributed by atoms with Gasteiger partial charge < -0.3 is 10.2 Å². The Morgan fingerprint density at radius 3 is 2.65 bits per heavy atom. The van der Waals surface area contributed by atoms with Crippen LogP contribution in [0.25, 0.3) is 0 Å². The molecule has 20 heavy (non-hydrogen) atoms. The lowest BCUT2D eigenvalue weighted by molar-refractivity contribution is 0.0596. The number of hydrogen-bond acceptors (Lipinski definition) is 4. The molecule has 1 aromatic heterocycles. The Hall–Kier alpha value is -1.62. The van der Waals surface area contributed by atoms with Crippen molar-refractivity contribution in [2.24, 2.45) is 0 Å². The molecule has 0 spiro atoms. The first-order valence-corrected chi connectivity index (χ1v) is 7.34. The molecule has 0 aromatic carbocycles. The average Bonchev–Trinajstić information content (AvgIpc) is 2.47. The lowest BCUT2D eigenvalue weighted by Crippen LogP contribution is -2.50. The highest BCUT2D eigenvalue weighted by atomic mass is 16.2. The minimum absolute atomic E-state index is 0.103. The molecule has 1 aliphatic rings. The Labute approximate surface area is 121 Å². The summed E-state index contributed by atoms with van der Waals surface area (Å²) in [5.74, 6) is 0.103. The van der Waals surface area contributed by atoms with Gasteiger partial charge in [0.25, 0.3) is 5.91 Å². The molecule has 0 unspecified atom stereocenters. The van der Waals surface area contributed by atoms with E-state index in [1.54, 1.807) is 18.5 Å². The summed E-state index contributed by atoms with van der Waals surface area (Å²) in [6.45, 7) is 10.7. The van der Waals surface area contributed by atoms with Gasteiger partial charge in [-0.2, -0.15) is 0 Å². The molecular formula is C15H24N4O. The van der Waals surface area contributed by atoms with Crippen molar-refractivity contribution < 1.29 is 4.79 Å². The van der Waals surface area contributed by atoms with Crippen molar-refractivity contribution in [2.45, 2.75) is 26.8 Å². The molecule has 0 aliphatic carbocycles. The number of nitrogens with zero attached hydrogens (tertiary/aromatic N) is 3. The quantitative estimate of drug-likeness (QED) is 0.909. The number of carbonyl (C=O) groups excluding carboxylic acids is 1. The van der Waals surface area contributed by atoms with Gasteiger partial charge in [0.05, 0.1) is 17.4 Å². The van der Waals surface area contributed by atoms with Crippen LogP contribution in [-0.4, -0.2) is 59.5 Å². The number of hydrogen-bond donors (Lipinski definition) is 1. The van der Waals surface area contributed by atoms with E-state index in [1.807, 2.05) is 11.8 Å². The molecule has 0 bridgehead atoms. The zero-order valence-corrected chi connectivity index (χ0v) is 12.6. The summed E-state index contributed by atoms with van der Waals surface area (Å²) in [4.78, 5) is 21.0. The van der Waals surface area contributed by atoms with E-state index in [0.717, 1.165) is 44.0 Å². The van der Waals surface area contributed by atoms with E-state index >= 15 is 0 Å². The predicted molar refractivity (Wildman–Crippen MR) is 81.0 cm³/mol. The molecule has 5 heteroatoms. The number of pyridine rings is 1. The topological polar surface area (TPSA) is 48.5 Å². The van der Waals surface area contributed by atoms with Crippen LogP contribution >= 0.6 is 0 Å². The SMILES string of the molecule is CCNc1cnccc1C(=O)N1CCN(C(C)C)CC1. The summed E-state index contributed by atoms with van der Waals surface area (Å²) in [5.41, 5.74) is 1.55. The number of piperazine rings is 1. The molecule has 0 saturated carbocycles. The van der Waals surface area contributed by atoms with E-state index in [-0.39, 0.29) is 5.91 Å². The minimum atomic E-state index is 0.103. The third-order valence-corrected chi connectivity index (χ3v) is 3.75. The molecule has 2 rings (SSSR count). The third-order valence-electron chi connectivity index (χ3n) is 3.75. The number of anilines is 1. The van der Waals surface area contributed by atoms with E-state index in [0.29, 0.717) is 6.04 Å². The number of nitrogens with one attached hydrogen (secondary N) is 1. The van der Waals surface area contributed by atoms with Gasteiger partial charge in [0.2, 0.25) is 0 Å². The second-order valence-electron chi connectivity index (χ2n) is 5.37. The summed E-state index contributed by atoms with van der Waals surface area (Å²) in [6, 6.07) is 2.35. The van der Waals surface area contributed by atoms with Gasteiger partial charge in [-0.15, -0.1) is 0 Å². The minimum Gasteiger partial charge on any atom is -0.383 e. The maximum Gasteiger partial charge on any atom is 0.256 e. The lowest BCUT2D eigenvalue weighted by Gasteiger charge is -2.37. The Bertz CT molecular complexity index is 453. The number of rotatable bonds is 4. The average molecular weight is 276 g/mol. The van der Waals surface area contributed by atoms with Crippen molar-refractivity contribution in [2.75, 3.05) is 38.0 Å². The second kappa shape index (κ2) is 6.70. The first-order chi connectivity index (χ1) is 9.63. The Morgan fingerprint density at radius 2 is 2.05 bits per heavy atom. The highest BCUT2D eigenvalue weighted by molar-refractivity contribution is 5.99. The van der Waals surface area contributed by atoms with Crippen molar-refractivity contribution in [3.8, 4) is 0 Å². The molecule has 0 radical (unpaired) electrons. The molecule has 5 nitrogen and oxygen atoms in total. The molecule has 1 N–H and O–H groups in total. The van der Waals surface area contributed by atoms with E-state index in [9.17, 15) is 4.79 Å². The van der Waals surface area contributed by atoms with E-state index < -0.39 is 0 Å². The van der Waals surface area contributed by atoms with Gasteiger partial charge in [-0.25, -0.2) is 0 Å². The van der Waals surface area contributed by atoms with Crippen molar-refractivity contribution >= 4 is 11.6 Å². The third kappa shape index (κ3) is 3.28. The van der Waals surface area contributed by atoms with Gasteiger partial charge in [0.15, 0.2) is 0 Å². The van der Waals surface area contributed by atoms with Crippen LogP contribution in [0.3, 0.4) is 0 Å². The van der Waals surface area contributed by atoms with Crippen molar-refractivity contribution in [1.29, 1.82) is 0 Å². The van der Waals surface area contributed by atoms with E-state index in [2.05, 4.69) is 29.0 Å². The van der Waals surface area contributed by atoms with E-state index in [1.165, 1.54) is 0 Å². The van der Waals surface area contributed by atoms with Gasteiger partial charge in [0, 0.05) is 45.0 Å². The summed E-state index contributed by atoms with van der Waals surface area (Å²) < 4.78 is 0. The number of aromatic nitrogens is 1. The van der Waals surface area contributed by atoms with Gasteiger partial charge in [-0.3, -0.25) is 14.7 Å². The molecule has 1 saturated heterocycles.